The van der Waals surface area contributed by atoms with E-state index >= 15 is 0 Å². The van der Waals surface area contributed by atoms with Gasteiger partial charge in [0.05, 0.1) is 11.3 Å². The zero-order valence-corrected chi connectivity index (χ0v) is 16.6. The zero-order chi connectivity index (χ0) is 18.4. The molecule has 25 heavy (non-hydrogen) atoms. The Morgan fingerprint density at radius 3 is 2.44 bits per heavy atom. The first kappa shape index (κ1) is 19.3. The number of carbonyl (C=O) groups is 2. The van der Waals surface area contributed by atoms with Crippen molar-refractivity contribution in [2.45, 2.75) is 0 Å². The van der Waals surface area contributed by atoms with Crippen molar-refractivity contribution < 1.29 is 14.7 Å². The molecule has 0 unspecified atom stereocenters. The van der Waals surface area contributed by atoms with E-state index in [9.17, 15) is 14.7 Å². The van der Waals surface area contributed by atoms with Gasteiger partial charge in [-0.05, 0) is 51.9 Å². The monoisotopic (exact) mass is 482 g/mol. The van der Waals surface area contributed by atoms with Crippen molar-refractivity contribution in [2.75, 3.05) is 5.32 Å². The number of thiocarbonyl (C=S) groups is 1. The van der Waals surface area contributed by atoms with Crippen molar-refractivity contribution in [1.29, 1.82) is 0 Å². The number of hydrogen-bond donors (Lipinski definition) is 3. The third kappa shape index (κ3) is 5.77. The molecule has 0 atom stereocenters. The highest BCUT2D eigenvalue weighted by Crippen LogP contribution is 2.30. The molecule has 0 radical (unpaired) electrons. The lowest BCUT2D eigenvalue weighted by Gasteiger charge is -2.13. The minimum Gasteiger partial charge on any atom is -0.478 e. The highest BCUT2D eigenvalue weighted by molar-refractivity contribution is 9.11. The largest absolute Gasteiger partial charge is 0.478 e. The predicted octanol–water partition coefficient (Wildman–Crippen LogP) is 4.44. The molecular formula is C17H12Br2N2O3S. The zero-order valence-electron chi connectivity index (χ0n) is 12.6. The fourth-order valence-corrected chi connectivity index (χ4v) is 3.43. The first-order valence-electron chi connectivity index (χ1n) is 6.94. The van der Waals surface area contributed by atoms with Crippen LogP contribution in [0.25, 0.3) is 6.08 Å². The molecule has 8 heteroatoms. The Morgan fingerprint density at radius 1 is 1.12 bits per heavy atom. The van der Waals surface area contributed by atoms with Gasteiger partial charge in [0.2, 0.25) is 5.91 Å². The molecule has 0 spiro atoms. The maximum atomic E-state index is 11.9. The van der Waals surface area contributed by atoms with Crippen LogP contribution in [0.1, 0.15) is 15.9 Å². The van der Waals surface area contributed by atoms with Gasteiger partial charge in [0.15, 0.2) is 5.11 Å². The molecule has 0 aliphatic heterocycles. The Hall–Kier alpha value is -2.03. The van der Waals surface area contributed by atoms with Crippen LogP contribution < -0.4 is 10.6 Å². The number of anilines is 1. The van der Waals surface area contributed by atoms with Gasteiger partial charge in [0.25, 0.3) is 0 Å². The molecule has 0 heterocycles. The minimum absolute atomic E-state index is 0.00626. The van der Waals surface area contributed by atoms with E-state index in [0.29, 0.717) is 8.95 Å². The normalized spacial score (nSPS) is 10.5. The number of amides is 1. The summed E-state index contributed by atoms with van der Waals surface area (Å²) in [6, 6.07) is 12.4. The first-order chi connectivity index (χ1) is 11.9. The van der Waals surface area contributed by atoms with E-state index in [1.165, 1.54) is 12.1 Å². The van der Waals surface area contributed by atoms with Crippen LogP contribution in [0.2, 0.25) is 0 Å². The quantitative estimate of drug-likeness (QED) is 0.442. The van der Waals surface area contributed by atoms with Crippen molar-refractivity contribution in [1.82, 2.24) is 5.32 Å². The smallest absolute Gasteiger partial charge is 0.337 e. The molecule has 0 saturated heterocycles. The Labute approximate surface area is 166 Å². The third-order valence-electron chi connectivity index (χ3n) is 2.99. The third-order valence-corrected chi connectivity index (χ3v) is 4.27. The fourth-order valence-electron chi connectivity index (χ4n) is 1.90. The summed E-state index contributed by atoms with van der Waals surface area (Å²) in [7, 11) is 0. The average molecular weight is 484 g/mol. The molecule has 0 saturated carbocycles. The molecule has 0 aromatic heterocycles. The lowest BCUT2D eigenvalue weighted by Crippen LogP contribution is -2.33. The van der Waals surface area contributed by atoms with Crippen molar-refractivity contribution in [3.63, 3.8) is 0 Å². The lowest BCUT2D eigenvalue weighted by molar-refractivity contribution is -0.115. The average Bonchev–Trinajstić information content (AvgIpc) is 2.56. The van der Waals surface area contributed by atoms with Crippen LogP contribution in [0.5, 0.6) is 0 Å². The van der Waals surface area contributed by atoms with Crippen LogP contribution in [-0.4, -0.2) is 22.1 Å². The van der Waals surface area contributed by atoms with Gasteiger partial charge in [-0.25, -0.2) is 4.79 Å². The lowest BCUT2D eigenvalue weighted by atomic mass is 10.2. The van der Waals surface area contributed by atoms with E-state index in [-0.39, 0.29) is 16.4 Å². The number of aromatic carboxylic acids is 1. The van der Waals surface area contributed by atoms with Crippen LogP contribution in [0.15, 0.2) is 57.5 Å². The summed E-state index contributed by atoms with van der Waals surface area (Å²) in [5.41, 5.74) is 1.14. The molecule has 0 aliphatic rings. The van der Waals surface area contributed by atoms with E-state index in [1.807, 2.05) is 30.3 Å². The highest BCUT2D eigenvalue weighted by atomic mass is 79.9. The maximum absolute atomic E-state index is 11.9. The molecular weight excluding hydrogens is 472 g/mol. The van der Waals surface area contributed by atoms with Gasteiger partial charge in [-0.2, -0.15) is 0 Å². The molecule has 3 N–H and O–H groups in total. The topological polar surface area (TPSA) is 78.4 Å². The van der Waals surface area contributed by atoms with Crippen molar-refractivity contribution in [3.8, 4) is 0 Å². The second kappa shape index (κ2) is 8.89. The predicted molar refractivity (Wildman–Crippen MR) is 109 cm³/mol. The second-order valence-electron chi connectivity index (χ2n) is 4.80. The SMILES string of the molecule is O=C(C=Cc1ccccc1)NC(=S)Nc1c(Br)cc(Br)cc1C(=O)O. The number of hydrogen-bond acceptors (Lipinski definition) is 3. The Morgan fingerprint density at radius 2 is 1.80 bits per heavy atom. The summed E-state index contributed by atoms with van der Waals surface area (Å²) in [6.07, 6.45) is 2.99. The van der Waals surface area contributed by atoms with E-state index in [2.05, 4.69) is 42.5 Å². The van der Waals surface area contributed by atoms with E-state index in [1.54, 1.807) is 12.1 Å². The maximum Gasteiger partial charge on any atom is 0.337 e. The summed E-state index contributed by atoms with van der Waals surface area (Å²) >= 11 is 11.6. The van der Waals surface area contributed by atoms with Crippen LogP contribution in [0, 0.1) is 0 Å². The second-order valence-corrected chi connectivity index (χ2v) is 6.98. The van der Waals surface area contributed by atoms with Crippen LogP contribution >= 0.6 is 44.1 Å². The van der Waals surface area contributed by atoms with Crippen LogP contribution in [0.3, 0.4) is 0 Å². The van der Waals surface area contributed by atoms with Crippen LogP contribution in [-0.2, 0) is 4.79 Å². The van der Waals surface area contributed by atoms with Crippen molar-refractivity contribution in [3.05, 3.63) is 68.6 Å². The van der Waals surface area contributed by atoms with Crippen molar-refractivity contribution in [2.24, 2.45) is 0 Å². The first-order valence-corrected chi connectivity index (χ1v) is 8.93. The van der Waals surface area contributed by atoms with E-state index in [0.717, 1.165) is 5.56 Å². The number of benzene rings is 2. The number of rotatable bonds is 4. The van der Waals surface area contributed by atoms with Gasteiger partial charge in [-0.3, -0.25) is 10.1 Å². The van der Waals surface area contributed by atoms with Gasteiger partial charge in [0.1, 0.15) is 0 Å². The molecule has 0 bridgehead atoms. The summed E-state index contributed by atoms with van der Waals surface area (Å²) in [4.78, 5) is 23.3. The summed E-state index contributed by atoms with van der Waals surface area (Å²) in [5, 5.41) is 14.5. The standard InChI is InChI=1S/C17H12Br2N2O3S/c18-11-8-12(16(23)24)15(13(19)9-11)21-17(25)20-14(22)7-6-10-4-2-1-3-5-10/h1-9H,(H,23,24)(H2,20,21,22,25). The highest BCUT2D eigenvalue weighted by Gasteiger charge is 2.16. The van der Waals surface area contributed by atoms with E-state index in [4.69, 9.17) is 12.2 Å². The number of nitrogens with one attached hydrogen (secondary N) is 2. The fraction of sp³-hybridized carbons (Fsp3) is 0. The molecule has 0 fully saturated rings. The van der Waals surface area contributed by atoms with Crippen LogP contribution in [0.4, 0.5) is 5.69 Å². The molecule has 2 rings (SSSR count). The van der Waals surface area contributed by atoms with Crippen molar-refractivity contribution >= 4 is 72.8 Å². The van der Waals surface area contributed by atoms with E-state index < -0.39 is 11.9 Å². The number of halogens is 2. The number of carboxylic acid groups (broad SMARTS) is 1. The summed E-state index contributed by atoms with van der Waals surface area (Å²) in [6.45, 7) is 0. The molecule has 2 aromatic carbocycles. The Bertz CT molecular complexity index is 854. The van der Waals surface area contributed by atoms with Gasteiger partial charge < -0.3 is 10.4 Å². The number of carboxylic acids is 1. The molecule has 128 valence electrons. The summed E-state index contributed by atoms with van der Waals surface area (Å²) < 4.78 is 1.10. The van der Waals surface area contributed by atoms with Gasteiger partial charge in [0, 0.05) is 15.0 Å². The Balaban J connectivity index is 2.07. The molecule has 2 aromatic rings. The number of carbonyl (C=O) groups excluding carboxylic acids is 1. The molecule has 1 amide bonds. The Kier molecular flexibility index (Phi) is 6.86. The summed E-state index contributed by atoms with van der Waals surface area (Å²) in [5.74, 6) is -1.55. The van der Waals surface area contributed by atoms with Gasteiger partial charge >= 0.3 is 5.97 Å². The van der Waals surface area contributed by atoms with Gasteiger partial charge in [-0.15, -0.1) is 0 Å². The van der Waals surface area contributed by atoms with Gasteiger partial charge in [-0.1, -0.05) is 46.3 Å². The molecule has 0 aliphatic carbocycles. The molecule has 5 nitrogen and oxygen atoms in total. The minimum atomic E-state index is -1.12.